The molecule has 6 heteroatoms. The van der Waals surface area contributed by atoms with Crippen LogP contribution in [0.1, 0.15) is 23.0 Å². The summed E-state index contributed by atoms with van der Waals surface area (Å²) in [6.07, 6.45) is -4.41. The van der Waals surface area contributed by atoms with Crippen molar-refractivity contribution in [3.63, 3.8) is 0 Å². The Morgan fingerprint density at radius 2 is 2.00 bits per heavy atom. The first-order valence-electron chi connectivity index (χ1n) is 5.03. The molecular weight excluding hydrogens is 247 g/mol. The van der Waals surface area contributed by atoms with E-state index in [-0.39, 0.29) is 22.8 Å². The van der Waals surface area contributed by atoms with Crippen LogP contribution in [0.15, 0.2) is 34.9 Å². The first-order chi connectivity index (χ1) is 8.38. The zero-order chi connectivity index (χ0) is 13.3. The number of nitrogens with zero attached hydrogens (tertiary/aromatic N) is 1. The lowest BCUT2D eigenvalue weighted by Crippen LogP contribution is -2.04. The van der Waals surface area contributed by atoms with Crippen LogP contribution in [0.5, 0.6) is 0 Å². The van der Waals surface area contributed by atoms with E-state index in [1.807, 2.05) is 0 Å². The Hall–Kier alpha value is -2.11. The van der Waals surface area contributed by atoms with Crippen molar-refractivity contribution >= 4 is 5.78 Å². The molecule has 94 valence electrons. The van der Waals surface area contributed by atoms with Crippen molar-refractivity contribution in [1.29, 1.82) is 0 Å². The third kappa shape index (κ3) is 2.42. The van der Waals surface area contributed by atoms with Crippen LogP contribution in [0.4, 0.5) is 13.2 Å². The Morgan fingerprint density at radius 3 is 2.56 bits per heavy atom. The molecule has 0 saturated heterocycles. The summed E-state index contributed by atoms with van der Waals surface area (Å²) in [5.41, 5.74) is -0.320. The van der Waals surface area contributed by atoms with Gasteiger partial charge in [-0.2, -0.15) is 13.2 Å². The molecule has 0 fully saturated rings. The Balaban J connectivity index is 2.41. The third-order valence-electron chi connectivity index (χ3n) is 2.34. The normalized spacial score (nSPS) is 11.6. The molecule has 0 aliphatic carbocycles. The number of benzene rings is 1. The van der Waals surface area contributed by atoms with E-state index in [1.165, 1.54) is 25.1 Å². The van der Waals surface area contributed by atoms with Crippen LogP contribution in [0.2, 0.25) is 0 Å². The predicted molar refractivity (Wildman–Crippen MR) is 56.9 cm³/mol. The lowest BCUT2D eigenvalue weighted by Gasteiger charge is -2.06. The van der Waals surface area contributed by atoms with Crippen LogP contribution in [0, 0.1) is 0 Å². The lowest BCUT2D eigenvalue weighted by atomic mass is 10.1. The van der Waals surface area contributed by atoms with Gasteiger partial charge in [0.15, 0.2) is 5.78 Å². The molecule has 2 aromatic rings. The maximum atomic E-state index is 12.5. The fourth-order valence-electron chi connectivity index (χ4n) is 1.43. The van der Waals surface area contributed by atoms with Crippen LogP contribution < -0.4 is 0 Å². The highest BCUT2D eigenvalue weighted by molar-refractivity contribution is 5.92. The van der Waals surface area contributed by atoms with E-state index >= 15 is 0 Å². The predicted octanol–water partition coefficient (Wildman–Crippen LogP) is 3.56. The zero-order valence-electron chi connectivity index (χ0n) is 9.28. The van der Waals surface area contributed by atoms with Gasteiger partial charge in [0.2, 0.25) is 5.76 Å². The number of aromatic nitrogens is 1. The van der Waals surface area contributed by atoms with Gasteiger partial charge in [0, 0.05) is 18.6 Å². The monoisotopic (exact) mass is 255 g/mol. The fourth-order valence-corrected chi connectivity index (χ4v) is 1.43. The Morgan fingerprint density at radius 1 is 1.28 bits per heavy atom. The fraction of sp³-hybridized carbons (Fsp3) is 0.167. The second kappa shape index (κ2) is 4.29. The smallest absolute Gasteiger partial charge is 0.353 e. The molecule has 1 aromatic heterocycles. The lowest BCUT2D eigenvalue weighted by molar-refractivity contribution is -0.137. The summed E-state index contributed by atoms with van der Waals surface area (Å²) in [6, 6.07) is 5.99. The Labute approximate surface area is 100 Å². The van der Waals surface area contributed by atoms with Gasteiger partial charge in [-0.1, -0.05) is 17.3 Å². The van der Waals surface area contributed by atoms with Crippen LogP contribution >= 0.6 is 0 Å². The standard InChI is InChI=1S/C12H8F3NO2/c1-7(17)11-6-10(16-18-11)8-3-2-4-9(5-8)12(13,14)15/h2-6H,1H3. The second-order valence-corrected chi connectivity index (χ2v) is 3.71. The maximum Gasteiger partial charge on any atom is 0.416 e. The summed E-state index contributed by atoms with van der Waals surface area (Å²) >= 11 is 0. The molecule has 0 spiro atoms. The van der Waals surface area contributed by atoms with E-state index in [0.29, 0.717) is 0 Å². The summed E-state index contributed by atoms with van der Waals surface area (Å²) in [6.45, 7) is 1.29. The first kappa shape index (κ1) is 12.3. The van der Waals surface area contributed by atoms with E-state index in [9.17, 15) is 18.0 Å². The van der Waals surface area contributed by atoms with Crippen molar-refractivity contribution in [2.24, 2.45) is 0 Å². The number of rotatable bonds is 2. The molecule has 1 aromatic carbocycles. The number of alkyl halides is 3. The minimum absolute atomic E-state index is 0.0161. The zero-order valence-corrected chi connectivity index (χ0v) is 9.28. The quantitative estimate of drug-likeness (QED) is 0.770. The van der Waals surface area contributed by atoms with Gasteiger partial charge in [-0.3, -0.25) is 4.79 Å². The van der Waals surface area contributed by atoms with Gasteiger partial charge >= 0.3 is 6.18 Å². The van der Waals surface area contributed by atoms with Crippen LogP contribution in [0.25, 0.3) is 11.3 Å². The number of ketones is 1. The molecule has 2 rings (SSSR count). The summed E-state index contributed by atoms with van der Waals surface area (Å²) in [4.78, 5) is 11.0. The average molecular weight is 255 g/mol. The highest BCUT2D eigenvalue weighted by Crippen LogP contribution is 2.31. The van der Waals surface area contributed by atoms with Gasteiger partial charge < -0.3 is 4.52 Å². The number of Topliss-reactive ketones (excluding diaryl/α,β-unsaturated/α-hetero) is 1. The van der Waals surface area contributed by atoms with Gasteiger partial charge in [0.05, 0.1) is 5.56 Å². The van der Waals surface area contributed by atoms with E-state index in [2.05, 4.69) is 5.16 Å². The summed E-state index contributed by atoms with van der Waals surface area (Å²) < 4.78 is 42.3. The number of carbonyl (C=O) groups is 1. The van der Waals surface area contributed by atoms with Crippen LogP contribution in [-0.4, -0.2) is 10.9 Å². The largest absolute Gasteiger partial charge is 0.416 e. The molecule has 0 bridgehead atoms. The van der Waals surface area contributed by atoms with Gasteiger partial charge in [-0.25, -0.2) is 0 Å². The molecule has 3 nitrogen and oxygen atoms in total. The molecule has 0 atom stereocenters. The molecule has 1 heterocycles. The minimum atomic E-state index is -4.41. The molecule has 0 amide bonds. The molecule has 0 aliphatic heterocycles. The highest BCUT2D eigenvalue weighted by Gasteiger charge is 2.30. The molecule has 0 N–H and O–H groups in total. The van der Waals surface area contributed by atoms with Crippen molar-refractivity contribution in [2.75, 3.05) is 0 Å². The van der Waals surface area contributed by atoms with Gasteiger partial charge in [-0.05, 0) is 12.1 Å². The van der Waals surface area contributed by atoms with Crippen molar-refractivity contribution < 1.29 is 22.5 Å². The van der Waals surface area contributed by atoms with E-state index in [4.69, 9.17) is 4.52 Å². The molecular formula is C12H8F3NO2. The molecule has 0 aliphatic rings. The molecule has 0 saturated carbocycles. The molecule has 18 heavy (non-hydrogen) atoms. The molecule has 0 radical (unpaired) electrons. The van der Waals surface area contributed by atoms with Crippen molar-refractivity contribution in [2.45, 2.75) is 13.1 Å². The average Bonchev–Trinajstić information content (AvgIpc) is 2.77. The van der Waals surface area contributed by atoms with Gasteiger partial charge in [-0.15, -0.1) is 0 Å². The van der Waals surface area contributed by atoms with Crippen LogP contribution in [0.3, 0.4) is 0 Å². The Bertz CT molecular complexity index is 587. The Kier molecular flexibility index (Phi) is 2.94. The molecule has 0 unspecified atom stereocenters. The topological polar surface area (TPSA) is 43.1 Å². The van der Waals surface area contributed by atoms with Crippen molar-refractivity contribution in [3.05, 3.63) is 41.7 Å². The number of hydrogen-bond donors (Lipinski definition) is 0. The number of hydrogen-bond acceptors (Lipinski definition) is 3. The number of halogens is 3. The maximum absolute atomic E-state index is 12.5. The van der Waals surface area contributed by atoms with E-state index in [0.717, 1.165) is 12.1 Å². The van der Waals surface area contributed by atoms with Gasteiger partial charge in [0.1, 0.15) is 5.69 Å². The summed E-state index contributed by atoms with van der Waals surface area (Å²) in [5.74, 6) is -0.317. The summed E-state index contributed by atoms with van der Waals surface area (Å²) in [5, 5.41) is 3.57. The highest BCUT2D eigenvalue weighted by atomic mass is 19.4. The van der Waals surface area contributed by atoms with Crippen molar-refractivity contribution in [1.82, 2.24) is 5.16 Å². The first-order valence-corrected chi connectivity index (χ1v) is 5.03. The second-order valence-electron chi connectivity index (χ2n) is 3.71. The van der Waals surface area contributed by atoms with E-state index in [1.54, 1.807) is 0 Å². The minimum Gasteiger partial charge on any atom is -0.353 e. The summed E-state index contributed by atoms with van der Waals surface area (Å²) in [7, 11) is 0. The third-order valence-corrected chi connectivity index (χ3v) is 2.34. The SMILES string of the molecule is CC(=O)c1cc(-c2cccc(C(F)(F)F)c2)no1. The van der Waals surface area contributed by atoms with E-state index < -0.39 is 11.7 Å². The van der Waals surface area contributed by atoms with Crippen molar-refractivity contribution in [3.8, 4) is 11.3 Å². The van der Waals surface area contributed by atoms with Crippen LogP contribution in [-0.2, 0) is 6.18 Å². The van der Waals surface area contributed by atoms with Gasteiger partial charge in [0.25, 0.3) is 0 Å². The number of carbonyl (C=O) groups excluding carboxylic acids is 1.